The lowest BCUT2D eigenvalue weighted by Gasteiger charge is -2.31. The highest BCUT2D eigenvalue weighted by Crippen LogP contribution is 2.33. The fourth-order valence-electron chi connectivity index (χ4n) is 3.78. The van der Waals surface area contributed by atoms with Crippen molar-refractivity contribution in [1.29, 1.82) is 0 Å². The summed E-state index contributed by atoms with van der Waals surface area (Å²) in [4.78, 5) is 24.1. The Kier molecular flexibility index (Phi) is 4.09. The maximum absolute atomic E-state index is 12.0. The number of pyridine rings is 1. The summed E-state index contributed by atoms with van der Waals surface area (Å²) in [7, 11) is 0. The second-order valence-corrected chi connectivity index (χ2v) is 8.04. The maximum atomic E-state index is 12.0. The van der Waals surface area contributed by atoms with Gasteiger partial charge in [0.05, 0.1) is 18.0 Å². The third kappa shape index (κ3) is 3.25. The predicted octanol–water partition coefficient (Wildman–Crippen LogP) is 3.92. The van der Waals surface area contributed by atoms with E-state index in [1.807, 2.05) is 39.5 Å². The Morgan fingerprint density at radius 2 is 2.04 bits per heavy atom. The normalized spacial score (nSPS) is 21.2. The summed E-state index contributed by atoms with van der Waals surface area (Å²) in [5, 5.41) is 4.11. The highest BCUT2D eigenvalue weighted by Gasteiger charge is 2.26. The van der Waals surface area contributed by atoms with Crippen molar-refractivity contribution in [2.45, 2.75) is 64.1 Å². The molecule has 0 atom stereocenters. The van der Waals surface area contributed by atoms with Crippen molar-refractivity contribution < 1.29 is 9.53 Å². The first-order chi connectivity index (χ1) is 12.4. The molecule has 26 heavy (non-hydrogen) atoms. The summed E-state index contributed by atoms with van der Waals surface area (Å²) in [6, 6.07) is 2.61. The molecule has 0 spiro atoms. The van der Waals surface area contributed by atoms with Crippen molar-refractivity contribution >= 4 is 28.2 Å². The molecule has 3 heterocycles. The van der Waals surface area contributed by atoms with E-state index in [4.69, 9.17) is 4.74 Å². The first kappa shape index (κ1) is 16.9. The minimum atomic E-state index is -0.465. The number of nitrogens with one attached hydrogen (secondary N) is 2. The van der Waals surface area contributed by atoms with E-state index in [-0.39, 0.29) is 12.1 Å². The van der Waals surface area contributed by atoms with Crippen molar-refractivity contribution in [3.05, 3.63) is 24.8 Å². The molecule has 2 N–H and O–H groups in total. The Morgan fingerprint density at radius 1 is 1.27 bits per heavy atom. The summed E-state index contributed by atoms with van der Waals surface area (Å²) < 4.78 is 7.64. The molecule has 1 aliphatic rings. The summed E-state index contributed by atoms with van der Waals surface area (Å²) >= 11 is 0. The highest BCUT2D eigenvalue weighted by atomic mass is 16.6. The predicted molar refractivity (Wildman–Crippen MR) is 100 cm³/mol. The molecule has 1 aliphatic carbocycles. The number of imidazole rings is 1. The lowest BCUT2D eigenvalue weighted by molar-refractivity contribution is 0.0488. The average molecular weight is 355 g/mol. The summed E-state index contributed by atoms with van der Waals surface area (Å²) in [5.41, 5.74) is 2.48. The van der Waals surface area contributed by atoms with Crippen molar-refractivity contribution in [2.24, 2.45) is 0 Å². The van der Waals surface area contributed by atoms with Gasteiger partial charge in [-0.05, 0) is 52.5 Å². The number of hydrogen-bond acceptors (Lipinski definition) is 4. The van der Waals surface area contributed by atoms with E-state index in [9.17, 15) is 4.79 Å². The van der Waals surface area contributed by atoms with E-state index in [0.717, 1.165) is 47.8 Å². The number of amides is 1. The van der Waals surface area contributed by atoms with Gasteiger partial charge in [-0.3, -0.25) is 0 Å². The minimum absolute atomic E-state index is 0.171. The number of H-pyrrole nitrogens is 1. The van der Waals surface area contributed by atoms with Crippen LogP contribution in [0, 0.1) is 0 Å². The quantitative estimate of drug-likeness (QED) is 0.729. The van der Waals surface area contributed by atoms with E-state index in [2.05, 4.69) is 30.9 Å². The second-order valence-electron chi connectivity index (χ2n) is 8.04. The van der Waals surface area contributed by atoms with Crippen LogP contribution in [-0.4, -0.2) is 37.3 Å². The molecule has 0 unspecified atom stereocenters. The molecule has 0 aliphatic heterocycles. The van der Waals surface area contributed by atoms with Crippen molar-refractivity contribution in [3.8, 4) is 0 Å². The van der Waals surface area contributed by atoms with E-state index >= 15 is 0 Å². The van der Waals surface area contributed by atoms with Gasteiger partial charge in [-0.15, -0.1) is 0 Å². The molecular weight excluding hydrogens is 330 g/mol. The fourth-order valence-corrected chi connectivity index (χ4v) is 3.78. The molecule has 4 rings (SSSR count). The van der Waals surface area contributed by atoms with Crippen LogP contribution in [0.1, 0.15) is 52.5 Å². The minimum Gasteiger partial charge on any atom is -0.444 e. The molecule has 7 nitrogen and oxygen atoms in total. The Hall–Kier alpha value is -2.57. The molecule has 1 fully saturated rings. The highest BCUT2D eigenvalue weighted by molar-refractivity contribution is 6.00. The van der Waals surface area contributed by atoms with E-state index < -0.39 is 5.60 Å². The first-order valence-electron chi connectivity index (χ1n) is 9.19. The fraction of sp³-hybridized carbons (Fsp3) is 0.526. The number of aromatic nitrogens is 4. The molecule has 1 amide bonds. The Labute approximate surface area is 152 Å². The van der Waals surface area contributed by atoms with E-state index in [1.165, 1.54) is 0 Å². The monoisotopic (exact) mass is 355 g/mol. The second kappa shape index (κ2) is 6.30. The van der Waals surface area contributed by atoms with Crippen LogP contribution in [0.15, 0.2) is 24.8 Å². The van der Waals surface area contributed by atoms with E-state index in [1.54, 1.807) is 0 Å². The zero-order chi connectivity index (χ0) is 18.3. The van der Waals surface area contributed by atoms with Gasteiger partial charge in [0, 0.05) is 23.7 Å². The van der Waals surface area contributed by atoms with Crippen LogP contribution >= 0.6 is 0 Å². The number of hydrogen-bond donors (Lipinski definition) is 2. The Bertz CT molecular complexity index is 928. The topological polar surface area (TPSA) is 84.8 Å². The van der Waals surface area contributed by atoms with Crippen LogP contribution in [-0.2, 0) is 4.74 Å². The van der Waals surface area contributed by atoms with E-state index in [0.29, 0.717) is 6.04 Å². The molecule has 3 aromatic heterocycles. The number of nitrogens with zero attached hydrogens (tertiary/aromatic N) is 3. The van der Waals surface area contributed by atoms with Crippen LogP contribution in [0.25, 0.3) is 22.1 Å². The number of rotatable bonds is 2. The van der Waals surface area contributed by atoms with Crippen LogP contribution in [0.5, 0.6) is 0 Å². The molecule has 0 saturated heterocycles. The van der Waals surface area contributed by atoms with Crippen LogP contribution in [0.3, 0.4) is 0 Å². The molecule has 0 radical (unpaired) electrons. The van der Waals surface area contributed by atoms with Crippen LogP contribution in [0.4, 0.5) is 4.79 Å². The molecule has 138 valence electrons. The average Bonchev–Trinajstić information content (AvgIpc) is 3.19. The number of aromatic amines is 1. The van der Waals surface area contributed by atoms with Crippen LogP contribution in [0.2, 0.25) is 0 Å². The smallest absolute Gasteiger partial charge is 0.407 e. The maximum Gasteiger partial charge on any atom is 0.407 e. The SMILES string of the molecule is CC(C)(C)OC(=O)N[C@H]1CC[C@H](n2cnc3cnc4[nH]ccc4c32)CC1. The first-order valence-corrected chi connectivity index (χ1v) is 9.19. The Balaban J connectivity index is 1.46. The Morgan fingerprint density at radius 3 is 2.77 bits per heavy atom. The zero-order valence-corrected chi connectivity index (χ0v) is 15.5. The zero-order valence-electron chi connectivity index (χ0n) is 15.5. The van der Waals surface area contributed by atoms with Crippen LogP contribution < -0.4 is 5.32 Å². The van der Waals surface area contributed by atoms with Gasteiger partial charge in [-0.2, -0.15) is 0 Å². The van der Waals surface area contributed by atoms with Gasteiger partial charge >= 0.3 is 6.09 Å². The number of fused-ring (bicyclic) bond motifs is 3. The number of carbonyl (C=O) groups is 1. The summed E-state index contributed by atoms with van der Waals surface area (Å²) in [6.45, 7) is 5.64. The number of ether oxygens (including phenoxy) is 1. The lowest BCUT2D eigenvalue weighted by atomic mass is 9.91. The third-order valence-electron chi connectivity index (χ3n) is 4.93. The molecule has 0 aromatic carbocycles. The van der Waals surface area contributed by atoms with Gasteiger partial charge in [-0.1, -0.05) is 0 Å². The molecule has 0 bridgehead atoms. The molecule has 1 saturated carbocycles. The van der Waals surface area contributed by atoms with Gasteiger partial charge < -0.3 is 19.6 Å². The standard InChI is InChI=1S/C19H25N5O2/c1-19(2,3)26-18(25)23-12-4-6-13(7-5-12)24-11-22-15-10-21-17-14(16(15)24)8-9-20-17/h8-13H,4-7H2,1-3H3,(H,20,21)(H,23,25)/t12-,13-. The van der Waals surface area contributed by atoms with Crippen molar-refractivity contribution in [2.75, 3.05) is 0 Å². The molecular formula is C19H25N5O2. The van der Waals surface area contributed by atoms with Gasteiger partial charge in [0.2, 0.25) is 0 Å². The lowest BCUT2D eigenvalue weighted by Crippen LogP contribution is -2.41. The van der Waals surface area contributed by atoms with Gasteiger partial charge in [0.1, 0.15) is 16.8 Å². The van der Waals surface area contributed by atoms with Gasteiger partial charge in [-0.25, -0.2) is 14.8 Å². The van der Waals surface area contributed by atoms with Gasteiger partial charge in [0.25, 0.3) is 0 Å². The third-order valence-corrected chi connectivity index (χ3v) is 4.93. The van der Waals surface area contributed by atoms with Crippen molar-refractivity contribution in [1.82, 2.24) is 24.8 Å². The summed E-state index contributed by atoms with van der Waals surface area (Å²) in [5.74, 6) is 0. The molecule has 7 heteroatoms. The van der Waals surface area contributed by atoms with Crippen molar-refractivity contribution in [3.63, 3.8) is 0 Å². The number of alkyl carbamates (subject to hydrolysis) is 1. The number of carbonyl (C=O) groups excluding carboxylic acids is 1. The largest absolute Gasteiger partial charge is 0.444 e. The molecule has 3 aromatic rings. The van der Waals surface area contributed by atoms with Gasteiger partial charge in [0.15, 0.2) is 0 Å². The summed E-state index contributed by atoms with van der Waals surface area (Å²) in [6.07, 6.45) is 9.20.